The minimum Gasteiger partial charge on any atom is -0.505 e. The Balaban J connectivity index is 1.57. The number of aromatic nitrogens is 1. The van der Waals surface area contributed by atoms with E-state index in [2.05, 4.69) is 20.4 Å². The Kier molecular flexibility index (Phi) is 10.8. The predicted octanol–water partition coefficient (Wildman–Crippen LogP) is 1.83. The van der Waals surface area contributed by atoms with Crippen molar-refractivity contribution in [1.82, 2.24) is 20.3 Å². The molecule has 0 aliphatic heterocycles. The van der Waals surface area contributed by atoms with Crippen LogP contribution in [0.25, 0.3) is 0 Å². The van der Waals surface area contributed by atoms with Crippen LogP contribution in [0.5, 0.6) is 11.5 Å². The van der Waals surface area contributed by atoms with E-state index in [0.717, 1.165) is 12.3 Å². The molecule has 3 rings (SSSR count). The number of nitrogens with one attached hydrogen (secondary N) is 3. The minimum atomic E-state index is -4.30. The lowest BCUT2D eigenvalue weighted by atomic mass is 10.1. The molecule has 1 heterocycles. The van der Waals surface area contributed by atoms with Crippen molar-refractivity contribution >= 4 is 45.3 Å². The van der Waals surface area contributed by atoms with Gasteiger partial charge in [-0.3, -0.25) is 19.2 Å². The molecule has 0 bridgehead atoms. The summed E-state index contributed by atoms with van der Waals surface area (Å²) in [7, 11) is -2.83. The lowest BCUT2D eigenvalue weighted by molar-refractivity contribution is -0.141. The van der Waals surface area contributed by atoms with E-state index in [9.17, 15) is 32.7 Å². The zero-order valence-corrected chi connectivity index (χ0v) is 24.0. The third-order valence-corrected chi connectivity index (χ3v) is 7.30. The van der Waals surface area contributed by atoms with Crippen molar-refractivity contribution in [1.29, 1.82) is 0 Å². The highest BCUT2D eigenvalue weighted by Crippen LogP contribution is 2.22. The van der Waals surface area contributed by atoms with Gasteiger partial charge in [-0.05, 0) is 55.3 Å². The largest absolute Gasteiger partial charge is 0.505 e. The zero-order valence-electron chi connectivity index (χ0n) is 22.5. The molecular weight excluding hydrogens is 592 g/mol. The third kappa shape index (κ3) is 8.41. The zero-order chi connectivity index (χ0) is 30.9. The highest BCUT2D eigenvalue weighted by molar-refractivity contribution is 7.90. The molecule has 1 aromatic heterocycles. The number of hydrogen-bond acceptors (Lipinski definition) is 10. The van der Waals surface area contributed by atoms with E-state index in [-0.39, 0.29) is 34.2 Å². The van der Waals surface area contributed by atoms with Gasteiger partial charge in [0.05, 0.1) is 34.8 Å². The molecule has 4 N–H and O–H groups in total. The van der Waals surface area contributed by atoms with Crippen LogP contribution in [0, 0.1) is 0 Å². The lowest BCUT2D eigenvalue weighted by Gasteiger charge is -2.10. The molecule has 0 unspecified atom stereocenters. The normalized spacial score (nSPS) is 10.8. The van der Waals surface area contributed by atoms with Gasteiger partial charge in [-0.1, -0.05) is 23.7 Å². The molecular formula is C27H27ClN4O9S. The molecule has 3 amide bonds. The van der Waals surface area contributed by atoms with E-state index in [4.69, 9.17) is 16.3 Å². The van der Waals surface area contributed by atoms with Crippen molar-refractivity contribution in [2.24, 2.45) is 0 Å². The fourth-order valence-electron chi connectivity index (χ4n) is 3.50. The van der Waals surface area contributed by atoms with Crippen molar-refractivity contribution in [3.8, 4) is 11.5 Å². The Morgan fingerprint density at radius 3 is 2.33 bits per heavy atom. The van der Waals surface area contributed by atoms with Crippen molar-refractivity contribution in [2.45, 2.75) is 18.2 Å². The first-order valence-corrected chi connectivity index (χ1v) is 14.2. The number of carbonyl (C=O) groups excluding carboxylic acids is 4. The second-order valence-electron chi connectivity index (χ2n) is 8.51. The molecule has 0 saturated heterocycles. The SMILES string of the molecule is CCOC(=O)CNC(=O)c1ncc(C(=O)NS(=O)(=O)c2ccc(CCNC(=O)c3cc(OC)ccc3Cl)cc2)cc1O. The molecule has 0 saturated carbocycles. The maximum absolute atomic E-state index is 12.7. The van der Waals surface area contributed by atoms with E-state index in [1.165, 1.54) is 37.4 Å². The summed E-state index contributed by atoms with van der Waals surface area (Å²) in [6.45, 7) is 1.50. The molecule has 2 aromatic carbocycles. The maximum Gasteiger partial charge on any atom is 0.325 e. The number of pyridine rings is 1. The Hall–Kier alpha value is -4.69. The first-order chi connectivity index (χ1) is 19.9. The summed E-state index contributed by atoms with van der Waals surface area (Å²) >= 11 is 6.09. The fourth-order valence-corrected chi connectivity index (χ4v) is 4.67. The van der Waals surface area contributed by atoms with E-state index in [1.54, 1.807) is 19.1 Å². The van der Waals surface area contributed by atoms with Crippen LogP contribution >= 0.6 is 11.6 Å². The topological polar surface area (TPSA) is 190 Å². The van der Waals surface area contributed by atoms with E-state index in [0.29, 0.717) is 17.7 Å². The van der Waals surface area contributed by atoms with Gasteiger partial charge in [-0.2, -0.15) is 0 Å². The maximum atomic E-state index is 12.7. The Morgan fingerprint density at radius 1 is 0.976 bits per heavy atom. The van der Waals surface area contributed by atoms with Crippen molar-refractivity contribution in [2.75, 3.05) is 26.8 Å². The Bertz CT molecular complexity index is 1600. The number of amides is 3. The second kappa shape index (κ2) is 14.3. The van der Waals surface area contributed by atoms with Crippen LogP contribution in [-0.2, 0) is 26.0 Å². The summed E-state index contributed by atoms with van der Waals surface area (Å²) in [6.07, 6.45) is 1.28. The number of rotatable bonds is 12. The number of carbonyl (C=O) groups is 4. The standard InChI is InChI=1S/C27H27ClN4O9S/c1-3-41-23(34)15-31-27(37)24-22(33)12-17(14-30-24)25(35)32-42(38,39)19-7-4-16(5-8-19)10-11-29-26(36)20-13-18(40-2)6-9-21(20)28/h4-9,12-14,33H,3,10-11,15H2,1-2H3,(H,29,36)(H,31,37)(H,32,35). The van der Waals surface area contributed by atoms with Gasteiger partial charge in [0.1, 0.15) is 18.0 Å². The van der Waals surface area contributed by atoms with Gasteiger partial charge in [-0.15, -0.1) is 0 Å². The smallest absolute Gasteiger partial charge is 0.325 e. The van der Waals surface area contributed by atoms with E-state index in [1.807, 2.05) is 4.72 Å². The summed E-state index contributed by atoms with van der Waals surface area (Å²) in [5.41, 5.74) is 0.158. The van der Waals surface area contributed by atoms with Gasteiger partial charge in [0.15, 0.2) is 5.69 Å². The monoisotopic (exact) mass is 618 g/mol. The van der Waals surface area contributed by atoms with E-state index < -0.39 is 51.7 Å². The molecule has 0 aliphatic rings. The Morgan fingerprint density at radius 2 is 1.69 bits per heavy atom. The number of halogens is 1. The second-order valence-corrected chi connectivity index (χ2v) is 10.6. The molecule has 222 valence electrons. The minimum absolute atomic E-state index is 0.122. The van der Waals surface area contributed by atoms with Crippen LogP contribution in [-0.4, -0.2) is 69.0 Å². The lowest BCUT2D eigenvalue weighted by Crippen LogP contribution is -2.32. The molecule has 0 fully saturated rings. The number of sulfonamides is 1. The summed E-state index contributed by atoms with van der Waals surface area (Å²) < 4.78 is 37.1. The van der Waals surface area contributed by atoms with Crippen LogP contribution in [0.2, 0.25) is 5.02 Å². The number of hydrogen-bond donors (Lipinski definition) is 4. The average Bonchev–Trinajstić information content (AvgIpc) is 2.96. The molecule has 0 radical (unpaired) electrons. The summed E-state index contributed by atoms with van der Waals surface area (Å²) in [6, 6.07) is 11.2. The number of nitrogens with zero attached hydrogens (tertiary/aromatic N) is 1. The van der Waals surface area contributed by atoms with Crippen LogP contribution in [0.1, 0.15) is 43.7 Å². The summed E-state index contributed by atoms with van der Waals surface area (Å²) in [5, 5.41) is 15.3. The van der Waals surface area contributed by atoms with Crippen LogP contribution in [0.4, 0.5) is 0 Å². The van der Waals surface area contributed by atoms with Gasteiger partial charge < -0.3 is 25.2 Å². The number of ether oxygens (including phenoxy) is 2. The summed E-state index contributed by atoms with van der Waals surface area (Å²) in [5.74, 6) is -3.31. The number of benzene rings is 2. The number of esters is 1. The summed E-state index contributed by atoms with van der Waals surface area (Å²) in [4.78, 5) is 52.0. The number of methoxy groups -OCH3 is 1. The van der Waals surface area contributed by atoms with Crippen molar-refractivity contribution in [3.05, 3.63) is 82.1 Å². The van der Waals surface area contributed by atoms with Crippen molar-refractivity contribution < 1.29 is 42.2 Å². The molecule has 13 nitrogen and oxygen atoms in total. The van der Waals surface area contributed by atoms with Gasteiger partial charge in [0, 0.05) is 12.7 Å². The van der Waals surface area contributed by atoms with Crippen LogP contribution < -0.4 is 20.1 Å². The molecule has 0 aliphatic carbocycles. The molecule has 15 heteroatoms. The van der Waals surface area contributed by atoms with Gasteiger partial charge >= 0.3 is 5.97 Å². The number of aromatic hydroxyl groups is 1. The van der Waals surface area contributed by atoms with Gasteiger partial charge in [-0.25, -0.2) is 18.1 Å². The quantitative estimate of drug-likeness (QED) is 0.218. The Labute approximate surface area is 246 Å². The van der Waals surface area contributed by atoms with Gasteiger partial charge in [0.2, 0.25) is 0 Å². The van der Waals surface area contributed by atoms with Gasteiger partial charge in [0.25, 0.3) is 27.7 Å². The predicted molar refractivity (Wildman–Crippen MR) is 150 cm³/mol. The highest BCUT2D eigenvalue weighted by Gasteiger charge is 2.22. The van der Waals surface area contributed by atoms with Crippen LogP contribution in [0.3, 0.4) is 0 Å². The fraction of sp³-hybridized carbons (Fsp3) is 0.222. The first kappa shape index (κ1) is 31.8. The van der Waals surface area contributed by atoms with Crippen LogP contribution in [0.15, 0.2) is 59.6 Å². The average molecular weight is 619 g/mol. The molecule has 3 aromatic rings. The molecule has 0 spiro atoms. The van der Waals surface area contributed by atoms with Crippen molar-refractivity contribution in [3.63, 3.8) is 0 Å². The molecule has 0 atom stereocenters. The molecule has 42 heavy (non-hydrogen) atoms. The first-order valence-electron chi connectivity index (χ1n) is 12.4. The third-order valence-electron chi connectivity index (χ3n) is 5.62. The highest BCUT2D eigenvalue weighted by atomic mass is 35.5. The van der Waals surface area contributed by atoms with E-state index >= 15 is 0 Å².